The maximum atomic E-state index is 11.4. The van der Waals surface area contributed by atoms with Gasteiger partial charge in [-0.3, -0.25) is 14.9 Å². The van der Waals surface area contributed by atoms with Crippen molar-refractivity contribution in [3.8, 4) is 0 Å². The second-order valence-electron chi connectivity index (χ2n) is 5.19. The van der Waals surface area contributed by atoms with E-state index in [0.717, 1.165) is 12.3 Å². The Balaban J connectivity index is 1.86. The van der Waals surface area contributed by atoms with Crippen LogP contribution < -0.4 is 5.32 Å². The molecular weight excluding hydrogens is 190 g/mol. The molecule has 3 atom stereocenters. The summed E-state index contributed by atoms with van der Waals surface area (Å²) in [6.07, 6.45) is 6.42. The van der Waals surface area contributed by atoms with Crippen molar-refractivity contribution in [1.82, 2.24) is 5.32 Å². The van der Waals surface area contributed by atoms with Crippen molar-refractivity contribution >= 4 is 11.8 Å². The molecule has 2 rings (SSSR count). The van der Waals surface area contributed by atoms with Crippen LogP contribution >= 0.6 is 0 Å². The Labute approximate surface area is 90.6 Å². The minimum Gasteiger partial charge on any atom is -0.296 e. The summed E-state index contributed by atoms with van der Waals surface area (Å²) in [5.74, 6) is 1.29. The fraction of sp³-hybridized carbons (Fsp3) is 0.833. The van der Waals surface area contributed by atoms with Gasteiger partial charge in [0, 0.05) is 12.3 Å². The second kappa shape index (κ2) is 4.33. The SMILES string of the molecule is CC1CCCC(CC2CC(=O)NC2=O)C1. The molecule has 1 aliphatic heterocycles. The molecular formula is C12H19NO2. The van der Waals surface area contributed by atoms with E-state index in [1.165, 1.54) is 25.7 Å². The van der Waals surface area contributed by atoms with Crippen molar-refractivity contribution in [3.63, 3.8) is 0 Å². The van der Waals surface area contributed by atoms with E-state index >= 15 is 0 Å². The van der Waals surface area contributed by atoms with Gasteiger partial charge in [-0.1, -0.05) is 26.2 Å². The third kappa shape index (κ3) is 2.58. The number of hydrogen-bond acceptors (Lipinski definition) is 2. The van der Waals surface area contributed by atoms with Crippen molar-refractivity contribution < 1.29 is 9.59 Å². The molecule has 0 radical (unpaired) electrons. The maximum Gasteiger partial charge on any atom is 0.230 e. The zero-order valence-electron chi connectivity index (χ0n) is 9.29. The van der Waals surface area contributed by atoms with Gasteiger partial charge in [-0.2, -0.15) is 0 Å². The first-order chi connectivity index (χ1) is 7.15. The number of imide groups is 1. The summed E-state index contributed by atoms with van der Waals surface area (Å²) in [5, 5.41) is 2.39. The zero-order chi connectivity index (χ0) is 10.8. The Bertz CT molecular complexity index is 275. The summed E-state index contributed by atoms with van der Waals surface area (Å²) < 4.78 is 0. The summed E-state index contributed by atoms with van der Waals surface area (Å²) in [4.78, 5) is 22.4. The molecule has 1 saturated carbocycles. The molecule has 1 heterocycles. The van der Waals surface area contributed by atoms with Gasteiger partial charge < -0.3 is 0 Å². The van der Waals surface area contributed by atoms with E-state index in [2.05, 4.69) is 12.2 Å². The van der Waals surface area contributed by atoms with Gasteiger partial charge in [0.15, 0.2) is 0 Å². The van der Waals surface area contributed by atoms with Gasteiger partial charge in [0.1, 0.15) is 0 Å². The van der Waals surface area contributed by atoms with Crippen molar-refractivity contribution in [2.24, 2.45) is 17.8 Å². The molecule has 3 nitrogen and oxygen atoms in total. The molecule has 0 spiro atoms. The summed E-state index contributed by atoms with van der Waals surface area (Å²) in [7, 11) is 0. The Morgan fingerprint density at radius 2 is 2.13 bits per heavy atom. The number of carbonyl (C=O) groups is 2. The van der Waals surface area contributed by atoms with Crippen molar-refractivity contribution in [2.45, 2.75) is 45.4 Å². The number of hydrogen-bond donors (Lipinski definition) is 1. The van der Waals surface area contributed by atoms with E-state index < -0.39 is 0 Å². The predicted molar refractivity (Wildman–Crippen MR) is 57.0 cm³/mol. The molecule has 15 heavy (non-hydrogen) atoms. The van der Waals surface area contributed by atoms with E-state index in [9.17, 15) is 9.59 Å². The Morgan fingerprint density at radius 3 is 2.73 bits per heavy atom. The predicted octanol–water partition coefficient (Wildman–Crippen LogP) is 1.87. The summed E-state index contributed by atoms with van der Waals surface area (Å²) in [6, 6.07) is 0. The molecule has 1 saturated heterocycles. The van der Waals surface area contributed by atoms with E-state index in [1.54, 1.807) is 0 Å². The molecule has 3 heteroatoms. The van der Waals surface area contributed by atoms with Crippen LogP contribution in [0.15, 0.2) is 0 Å². The lowest BCUT2D eigenvalue weighted by atomic mass is 9.78. The van der Waals surface area contributed by atoms with E-state index in [-0.39, 0.29) is 17.7 Å². The summed E-state index contributed by atoms with van der Waals surface area (Å²) in [6.45, 7) is 2.28. The van der Waals surface area contributed by atoms with Gasteiger partial charge in [0.25, 0.3) is 0 Å². The van der Waals surface area contributed by atoms with Crippen LogP contribution in [0.25, 0.3) is 0 Å². The second-order valence-corrected chi connectivity index (χ2v) is 5.19. The van der Waals surface area contributed by atoms with Gasteiger partial charge in [-0.25, -0.2) is 0 Å². The van der Waals surface area contributed by atoms with Gasteiger partial charge >= 0.3 is 0 Å². The first kappa shape index (κ1) is 10.7. The fourth-order valence-electron chi connectivity index (χ4n) is 2.97. The molecule has 84 valence electrons. The van der Waals surface area contributed by atoms with Crippen LogP contribution in [0.2, 0.25) is 0 Å². The number of rotatable bonds is 2. The van der Waals surface area contributed by atoms with Gasteiger partial charge in [0.2, 0.25) is 11.8 Å². The van der Waals surface area contributed by atoms with Crippen LogP contribution in [0.5, 0.6) is 0 Å². The quantitative estimate of drug-likeness (QED) is 0.706. The molecule has 0 aromatic carbocycles. The average Bonchev–Trinajstić information content (AvgIpc) is 2.45. The van der Waals surface area contributed by atoms with Crippen molar-refractivity contribution in [2.75, 3.05) is 0 Å². The van der Waals surface area contributed by atoms with Crippen LogP contribution in [0.3, 0.4) is 0 Å². The van der Waals surface area contributed by atoms with E-state index in [4.69, 9.17) is 0 Å². The molecule has 3 unspecified atom stereocenters. The van der Waals surface area contributed by atoms with Gasteiger partial charge in [-0.05, 0) is 24.7 Å². The highest BCUT2D eigenvalue weighted by Crippen LogP contribution is 2.34. The molecule has 1 N–H and O–H groups in total. The molecule has 2 amide bonds. The lowest BCUT2D eigenvalue weighted by molar-refractivity contribution is -0.126. The van der Waals surface area contributed by atoms with Crippen molar-refractivity contribution in [1.29, 1.82) is 0 Å². The molecule has 0 aromatic heterocycles. The van der Waals surface area contributed by atoms with Gasteiger partial charge in [-0.15, -0.1) is 0 Å². The lowest BCUT2D eigenvalue weighted by Gasteiger charge is -2.27. The lowest BCUT2D eigenvalue weighted by Crippen LogP contribution is -2.24. The zero-order valence-corrected chi connectivity index (χ0v) is 9.29. The monoisotopic (exact) mass is 209 g/mol. The largest absolute Gasteiger partial charge is 0.296 e. The minimum atomic E-state index is -0.0890. The molecule has 2 fully saturated rings. The first-order valence-corrected chi connectivity index (χ1v) is 5.99. The highest BCUT2D eigenvalue weighted by atomic mass is 16.2. The van der Waals surface area contributed by atoms with Crippen molar-refractivity contribution in [3.05, 3.63) is 0 Å². The number of amides is 2. The van der Waals surface area contributed by atoms with Crippen LogP contribution in [0, 0.1) is 17.8 Å². The normalized spacial score (nSPS) is 36.7. The van der Waals surface area contributed by atoms with Crippen LogP contribution in [-0.4, -0.2) is 11.8 Å². The maximum absolute atomic E-state index is 11.4. The minimum absolute atomic E-state index is 0.0344. The highest BCUT2D eigenvalue weighted by molar-refractivity contribution is 6.03. The Morgan fingerprint density at radius 1 is 1.33 bits per heavy atom. The molecule has 0 bridgehead atoms. The number of nitrogens with one attached hydrogen (secondary N) is 1. The highest BCUT2D eigenvalue weighted by Gasteiger charge is 2.33. The molecule has 1 aliphatic carbocycles. The standard InChI is InChI=1S/C12H19NO2/c1-8-3-2-4-9(5-8)6-10-7-11(14)13-12(10)15/h8-10H,2-7H2,1H3,(H,13,14,15). The first-order valence-electron chi connectivity index (χ1n) is 5.99. The summed E-state index contributed by atoms with van der Waals surface area (Å²) in [5.41, 5.74) is 0. The summed E-state index contributed by atoms with van der Waals surface area (Å²) >= 11 is 0. The fourth-order valence-corrected chi connectivity index (χ4v) is 2.97. The average molecular weight is 209 g/mol. The van der Waals surface area contributed by atoms with Crippen LogP contribution in [0.1, 0.15) is 45.4 Å². The molecule has 2 aliphatic rings. The van der Waals surface area contributed by atoms with Crippen LogP contribution in [-0.2, 0) is 9.59 Å². The van der Waals surface area contributed by atoms with E-state index in [1.807, 2.05) is 0 Å². The van der Waals surface area contributed by atoms with Gasteiger partial charge in [0.05, 0.1) is 0 Å². The third-order valence-corrected chi connectivity index (χ3v) is 3.73. The Hall–Kier alpha value is -0.860. The Kier molecular flexibility index (Phi) is 3.08. The third-order valence-electron chi connectivity index (χ3n) is 3.73. The molecule has 0 aromatic rings. The van der Waals surface area contributed by atoms with E-state index in [0.29, 0.717) is 12.3 Å². The number of carbonyl (C=O) groups excluding carboxylic acids is 2. The smallest absolute Gasteiger partial charge is 0.230 e. The topological polar surface area (TPSA) is 46.2 Å². The van der Waals surface area contributed by atoms with Crippen LogP contribution in [0.4, 0.5) is 0 Å².